The van der Waals surface area contributed by atoms with Gasteiger partial charge >= 0.3 is 557 Å². The van der Waals surface area contributed by atoms with E-state index < -0.39 is 17.4 Å². The van der Waals surface area contributed by atoms with Gasteiger partial charge in [0.05, 0.1) is 0 Å². The molecular weight excluding hydrogens is 1220 g/mol. The van der Waals surface area contributed by atoms with E-state index in [1.807, 2.05) is 0 Å². The van der Waals surface area contributed by atoms with Gasteiger partial charge in [-0.3, -0.25) is 0 Å². The molecule has 0 nitrogen and oxygen atoms in total. The summed E-state index contributed by atoms with van der Waals surface area (Å²) in [5, 5.41) is 20.5. The van der Waals surface area contributed by atoms with Crippen LogP contribution in [0.15, 0.2) is 314 Å². The molecule has 16 aromatic carbocycles. The van der Waals surface area contributed by atoms with Crippen molar-refractivity contribution in [3.05, 3.63) is 348 Å². The summed E-state index contributed by atoms with van der Waals surface area (Å²) in [6.45, 7) is 2.54. The quantitative estimate of drug-likeness (QED) is 0.0845. The van der Waals surface area contributed by atoms with Gasteiger partial charge in [-0.2, -0.15) is 0 Å². The molecule has 0 saturated heterocycles. The summed E-state index contributed by atoms with van der Waals surface area (Å²) >= 11 is -4.96. The van der Waals surface area contributed by atoms with Crippen LogP contribution in [0.5, 0.6) is 0 Å². The molecule has 16 aromatic rings. The number of rotatable bonds is 12. The minimum absolute atomic E-state index is 0.127. The van der Waals surface area contributed by atoms with Gasteiger partial charge in [0, 0.05) is 0 Å². The molecule has 0 spiro atoms. The topological polar surface area (TPSA) is 0 Å². The molecule has 0 bridgehead atoms. The maximum atomic E-state index is 2.93. The predicted molar refractivity (Wildman–Crippen MR) is 406 cm³/mol. The molecule has 2 heteroatoms. The Labute approximate surface area is 552 Å². The zero-order valence-electron chi connectivity index (χ0n) is 53.2. The van der Waals surface area contributed by atoms with Gasteiger partial charge in [0.2, 0.25) is 0 Å². The van der Waals surface area contributed by atoms with Gasteiger partial charge in [0.25, 0.3) is 0 Å². The number of hydrogen-bond acceptors (Lipinski definition) is 0. The van der Waals surface area contributed by atoms with Crippen LogP contribution in [0.1, 0.15) is 53.5 Å². The SMILES string of the molecule is [CH3][Zr]([CH3])(=[SiH2])([CH]1C(CCc2ccccc2)=Cc2c(-c3c4ccccc4cc4ccccc34)ccc(-c3c4ccccc4cc4ccccc34)c21)[CH]1C(CCc2ccccc2)=Cc2c(-c3c4ccccc4cc4ccccc34)ccc(-c3c4ccccc4cc4ccccc34)c21. The Bertz CT molecular complexity index is 5380. The molecule has 2 atom stereocenters. The second-order valence-corrected chi connectivity index (χ2v) is 58.4. The van der Waals surface area contributed by atoms with Crippen molar-refractivity contribution >= 4 is 105 Å². The first-order chi connectivity index (χ1) is 46.2. The van der Waals surface area contributed by atoms with Gasteiger partial charge in [0.15, 0.2) is 0 Å². The van der Waals surface area contributed by atoms with E-state index in [2.05, 4.69) is 332 Å². The number of aryl methyl sites for hydroxylation is 2. The molecule has 94 heavy (non-hydrogen) atoms. The molecular formula is C92H70SiZr. The number of allylic oxidation sites excluding steroid dienone is 2. The standard InChI is InChI=1S/2C45H31.2CH3.H2Si.Zr/c2*1-2-12-30(13-3-1)22-23-31-26-42-40(44-36-18-8-4-14-32(36)28-33-15-5-9-19-37(33)44)24-25-41(43(42)27-31)45-38-20-10-6-16-34(38)29-35-17-7-11-21-39(35)45;;;;/h2*1-21,24-29H,22-23H2;2*1H3;1H2;. The third-order valence-corrected chi connectivity index (χ3v) is 39.1. The van der Waals surface area contributed by atoms with Crippen molar-refractivity contribution in [2.45, 2.75) is 42.2 Å². The number of benzene rings is 16. The van der Waals surface area contributed by atoms with Gasteiger partial charge in [-0.25, -0.2) is 0 Å². The first-order valence-electron chi connectivity index (χ1n) is 33.7. The van der Waals surface area contributed by atoms with E-state index in [4.69, 9.17) is 0 Å². The number of hydrogen-bond donors (Lipinski definition) is 0. The predicted octanol–water partition coefficient (Wildman–Crippen LogP) is 24.8. The van der Waals surface area contributed by atoms with Crippen molar-refractivity contribution in [1.82, 2.24) is 0 Å². The third-order valence-electron chi connectivity index (χ3n) is 21.7. The van der Waals surface area contributed by atoms with Gasteiger partial charge in [-0.05, 0) is 0 Å². The normalized spacial score (nSPS) is 14.8. The summed E-state index contributed by atoms with van der Waals surface area (Å²) < 4.78 is 6.12. The van der Waals surface area contributed by atoms with Crippen molar-refractivity contribution in [3.8, 4) is 44.5 Å². The molecule has 0 saturated carbocycles. The number of fused-ring (bicyclic) bond motifs is 10. The van der Waals surface area contributed by atoms with E-state index >= 15 is 0 Å². The van der Waals surface area contributed by atoms with Crippen LogP contribution in [0, 0.1) is 0 Å². The van der Waals surface area contributed by atoms with Crippen LogP contribution in [0.3, 0.4) is 0 Å². The van der Waals surface area contributed by atoms with Crippen LogP contribution in [0.4, 0.5) is 0 Å². The van der Waals surface area contributed by atoms with Crippen molar-refractivity contribution in [1.29, 1.82) is 0 Å². The van der Waals surface area contributed by atoms with Crippen molar-refractivity contribution < 1.29 is 17.4 Å². The monoisotopic (exact) mass is 1290 g/mol. The van der Waals surface area contributed by atoms with Crippen molar-refractivity contribution in [2.24, 2.45) is 0 Å². The van der Waals surface area contributed by atoms with E-state index in [-0.39, 0.29) is 7.25 Å². The summed E-state index contributed by atoms with van der Waals surface area (Å²) in [6, 6.07) is 116. The molecule has 18 rings (SSSR count). The first kappa shape index (κ1) is 56.9. The summed E-state index contributed by atoms with van der Waals surface area (Å²) in [4.78, 5) is 0. The van der Waals surface area contributed by atoms with E-state index in [0.717, 1.165) is 25.7 Å². The Kier molecular flexibility index (Phi) is 13.6. The van der Waals surface area contributed by atoms with Crippen LogP contribution in [0.2, 0.25) is 9.26 Å². The van der Waals surface area contributed by atoms with E-state index in [9.17, 15) is 0 Å². The fraction of sp³-hybridized carbons (Fsp3) is 0.0870. The molecule has 446 valence electrons. The first-order valence-corrected chi connectivity index (χ1v) is 47.4. The molecule has 0 N–H and O–H groups in total. The second kappa shape index (κ2) is 22.5. The van der Waals surface area contributed by atoms with Gasteiger partial charge < -0.3 is 0 Å². The Morgan fingerprint density at radius 2 is 0.479 bits per heavy atom. The zero-order chi connectivity index (χ0) is 62.7. The summed E-state index contributed by atoms with van der Waals surface area (Å²) in [7, 11) is 0. The Hall–Kier alpha value is -9.82. The van der Waals surface area contributed by atoms with Crippen LogP contribution in [-0.2, 0) is 30.2 Å². The van der Waals surface area contributed by atoms with Gasteiger partial charge in [-0.15, -0.1) is 0 Å². The molecule has 2 aliphatic carbocycles. The van der Waals surface area contributed by atoms with Crippen LogP contribution >= 0.6 is 0 Å². The molecule has 0 radical (unpaired) electrons. The Morgan fingerprint density at radius 1 is 0.255 bits per heavy atom. The molecule has 0 heterocycles. The molecule has 0 aromatic heterocycles. The summed E-state index contributed by atoms with van der Waals surface area (Å²) in [6.07, 6.45) is 9.36. The van der Waals surface area contributed by atoms with Gasteiger partial charge in [-0.1, -0.05) is 0 Å². The minimum atomic E-state index is -4.96. The molecule has 0 aliphatic heterocycles. The van der Waals surface area contributed by atoms with Crippen molar-refractivity contribution in [2.75, 3.05) is 0 Å². The Balaban J connectivity index is 0.995. The van der Waals surface area contributed by atoms with E-state index in [1.165, 1.54) is 164 Å². The molecule has 2 aliphatic rings. The fourth-order valence-electron chi connectivity index (χ4n) is 17.8. The molecule has 2 unspecified atom stereocenters. The summed E-state index contributed by atoms with van der Waals surface area (Å²) in [5.74, 6) is 0. The van der Waals surface area contributed by atoms with Crippen molar-refractivity contribution in [3.63, 3.8) is 0 Å². The third kappa shape index (κ3) is 9.23. The molecule has 0 amide bonds. The fourth-order valence-corrected chi connectivity index (χ4v) is 37.5. The van der Waals surface area contributed by atoms with E-state index in [1.54, 1.807) is 11.1 Å². The maximum absolute atomic E-state index is 4.96. The Morgan fingerprint density at radius 3 is 0.745 bits per heavy atom. The zero-order valence-corrected chi connectivity index (χ0v) is 57.1. The van der Waals surface area contributed by atoms with Crippen LogP contribution in [0.25, 0.3) is 143 Å². The van der Waals surface area contributed by atoms with Gasteiger partial charge in [0.1, 0.15) is 0 Å². The summed E-state index contributed by atoms with van der Waals surface area (Å²) in [5.41, 5.74) is 22.5. The van der Waals surface area contributed by atoms with E-state index in [0.29, 0.717) is 0 Å². The molecule has 0 fully saturated rings. The van der Waals surface area contributed by atoms with Crippen LogP contribution < -0.4 is 0 Å². The van der Waals surface area contributed by atoms with Crippen LogP contribution in [-0.4, -0.2) is 6.88 Å². The average Bonchev–Trinajstić information content (AvgIpc) is 1.51. The second-order valence-electron chi connectivity index (χ2n) is 28.0. The average molecular weight is 1290 g/mol.